The Kier molecular flexibility index (Phi) is 5.45. The molecule has 2 aromatic carbocycles. The minimum absolute atomic E-state index is 0.0732. The summed E-state index contributed by atoms with van der Waals surface area (Å²) in [5, 5.41) is 3.19. The van der Waals surface area contributed by atoms with E-state index in [9.17, 15) is 9.18 Å². The van der Waals surface area contributed by atoms with Crippen LogP contribution in [0.1, 0.15) is 11.1 Å². The third kappa shape index (κ3) is 3.88. The molecule has 1 amide bonds. The second kappa shape index (κ2) is 7.58. The highest BCUT2D eigenvalue weighted by Crippen LogP contribution is 2.31. The molecule has 0 bridgehead atoms. The normalized spacial score (nSPS) is 15.5. The molecule has 0 atom stereocenters. The highest BCUT2D eigenvalue weighted by Gasteiger charge is 2.46. The Hall–Kier alpha value is -1.85. The summed E-state index contributed by atoms with van der Waals surface area (Å²) in [4.78, 5) is 16.0. The van der Waals surface area contributed by atoms with Gasteiger partial charge in [-0.1, -0.05) is 30.3 Å². The molecule has 0 radical (unpaired) electrons. The van der Waals surface area contributed by atoms with Crippen LogP contribution >= 0.6 is 11.8 Å². The number of amides is 1. The lowest BCUT2D eigenvalue weighted by Crippen LogP contribution is -2.62. The third-order valence-electron chi connectivity index (χ3n) is 4.77. The molecule has 0 spiro atoms. The van der Waals surface area contributed by atoms with Gasteiger partial charge in [-0.05, 0) is 42.0 Å². The monoisotopic (exact) mass is 358 g/mol. The standard InChI is InChI=1S/C20H23FN2OS/c1-23(12-15-6-5-8-17(10-15)25-2)19(24)20(13-22-14-20)11-16-7-3-4-9-18(16)21/h3-10,22H,11-14H2,1-2H3. The van der Waals surface area contributed by atoms with Crippen LogP contribution < -0.4 is 5.32 Å². The lowest BCUT2D eigenvalue weighted by atomic mass is 9.75. The number of halogens is 1. The molecule has 0 aromatic heterocycles. The van der Waals surface area contributed by atoms with Crippen LogP contribution in [0.4, 0.5) is 4.39 Å². The van der Waals surface area contributed by atoms with E-state index < -0.39 is 5.41 Å². The van der Waals surface area contributed by atoms with Crippen LogP contribution in [0.2, 0.25) is 0 Å². The van der Waals surface area contributed by atoms with Gasteiger partial charge in [0.1, 0.15) is 5.82 Å². The topological polar surface area (TPSA) is 32.3 Å². The van der Waals surface area contributed by atoms with Crippen LogP contribution in [0, 0.1) is 11.2 Å². The van der Waals surface area contributed by atoms with Gasteiger partial charge in [-0.25, -0.2) is 4.39 Å². The molecule has 1 N–H and O–H groups in total. The Labute approximate surface area is 152 Å². The molecule has 3 rings (SSSR count). The van der Waals surface area contributed by atoms with Gasteiger partial charge in [0, 0.05) is 31.6 Å². The van der Waals surface area contributed by atoms with E-state index in [0.717, 1.165) is 5.56 Å². The van der Waals surface area contributed by atoms with Crippen molar-refractivity contribution in [3.63, 3.8) is 0 Å². The maximum absolute atomic E-state index is 14.0. The van der Waals surface area contributed by atoms with Crippen molar-refractivity contribution >= 4 is 17.7 Å². The highest BCUT2D eigenvalue weighted by molar-refractivity contribution is 7.98. The van der Waals surface area contributed by atoms with E-state index in [2.05, 4.69) is 17.4 Å². The van der Waals surface area contributed by atoms with E-state index in [1.54, 1.807) is 28.8 Å². The van der Waals surface area contributed by atoms with Crippen molar-refractivity contribution in [3.05, 3.63) is 65.5 Å². The first-order valence-electron chi connectivity index (χ1n) is 8.37. The van der Waals surface area contributed by atoms with Crippen molar-refractivity contribution in [1.82, 2.24) is 10.2 Å². The summed E-state index contributed by atoms with van der Waals surface area (Å²) in [7, 11) is 1.83. The Balaban J connectivity index is 1.74. The van der Waals surface area contributed by atoms with Crippen molar-refractivity contribution in [2.45, 2.75) is 17.9 Å². The smallest absolute Gasteiger partial charge is 0.231 e. The Morgan fingerprint density at radius 1 is 1.24 bits per heavy atom. The molecule has 1 saturated heterocycles. The van der Waals surface area contributed by atoms with Gasteiger partial charge in [0.2, 0.25) is 5.91 Å². The molecule has 0 saturated carbocycles. The molecule has 1 heterocycles. The molecule has 0 unspecified atom stereocenters. The SMILES string of the molecule is CSc1cccc(CN(C)C(=O)C2(Cc3ccccc3F)CNC2)c1. The van der Waals surface area contributed by atoms with Crippen LogP contribution in [0.5, 0.6) is 0 Å². The molecule has 3 nitrogen and oxygen atoms in total. The van der Waals surface area contributed by atoms with Gasteiger partial charge >= 0.3 is 0 Å². The van der Waals surface area contributed by atoms with Crippen LogP contribution in [0.25, 0.3) is 0 Å². The Morgan fingerprint density at radius 2 is 2.00 bits per heavy atom. The minimum atomic E-state index is -0.548. The average Bonchev–Trinajstić information content (AvgIpc) is 2.59. The fraction of sp³-hybridized carbons (Fsp3) is 0.350. The summed E-state index contributed by atoms with van der Waals surface area (Å²) >= 11 is 1.69. The summed E-state index contributed by atoms with van der Waals surface area (Å²) in [6.45, 7) is 1.75. The molecule has 1 fully saturated rings. The minimum Gasteiger partial charge on any atom is -0.341 e. The highest BCUT2D eigenvalue weighted by atomic mass is 32.2. The second-order valence-electron chi connectivity index (χ2n) is 6.66. The zero-order chi connectivity index (χ0) is 17.9. The average molecular weight is 358 g/mol. The van der Waals surface area contributed by atoms with Gasteiger partial charge in [0.15, 0.2) is 0 Å². The van der Waals surface area contributed by atoms with Crippen molar-refractivity contribution in [1.29, 1.82) is 0 Å². The molecular formula is C20H23FN2OS. The second-order valence-corrected chi connectivity index (χ2v) is 7.54. The number of rotatable bonds is 6. The maximum Gasteiger partial charge on any atom is 0.231 e. The zero-order valence-corrected chi connectivity index (χ0v) is 15.4. The Morgan fingerprint density at radius 3 is 2.64 bits per heavy atom. The van der Waals surface area contributed by atoms with Gasteiger partial charge < -0.3 is 10.2 Å². The van der Waals surface area contributed by atoms with Gasteiger partial charge in [-0.2, -0.15) is 0 Å². The van der Waals surface area contributed by atoms with Crippen molar-refractivity contribution in [2.75, 3.05) is 26.4 Å². The predicted octanol–water partition coefficient (Wildman–Crippen LogP) is 3.34. The number of hydrogen-bond acceptors (Lipinski definition) is 3. The van der Waals surface area contributed by atoms with E-state index in [4.69, 9.17) is 0 Å². The molecular weight excluding hydrogens is 335 g/mol. The van der Waals surface area contributed by atoms with Gasteiger partial charge in [-0.3, -0.25) is 4.79 Å². The fourth-order valence-electron chi connectivity index (χ4n) is 3.31. The number of thioether (sulfide) groups is 1. The summed E-state index contributed by atoms with van der Waals surface area (Å²) in [6, 6.07) is 14.9. The lowest BCUT2D eigenvalue weighted by molar-refractivity contribution is -0.144. The van der Waals surface area contributed by atoms with E-state index in [0.29, 0.717) is 31.6 Å². The van der Waals surface area contributed by atoms with Gasteiger partial charge in [0.05, 0.1) is 5.41 Å². The van der Waals surface area contributed by atoms with Crippen LogP contribution in [-0.4, -0.2) is 37.2 Å². The van der Waals surface area contributed by atoms with Crippen LogP contribution in [-0.2, 0) is 17.8 Å². The number of benzene rings is 2. The first kappa shape index (κ1) is 18.0. The van der Waals surface area contributed by atoms with Gasteiger partial charge in [-0.15, -0.1) is 11.8 Å². The summed E-state index contributed by atoms with van der Waals surface area (Å²) < 4.78 is 14.0. The zero-order valence-electron chi connectivity index (χ0n) is 14.6. The van der Waals surface area contributed by atoms with Crippen molar-refractivity contribution in [2.24, 2.45) is 5.41 Å². The number of hydrogen-bond donors (Lipinski definition) is 1. The number of nitrogens with zero attached hydrogens (tertiary/aromatic N) is 1. The lowest BCUT2D eigenvalue weighted by Gasteiger charge is -2.43. The van der Waals surface area contributed by atoms with Crippen molar-refractivity contribution in [3.8, 4) is 0 Å². The molecule has 1 aliphatic heterocycles. The van der Waals surface area contributed by atoms with Crippen molar-refractivity contribution < 1.29 is 9.18 Å². The molecule has 25 heavy (non-hydrogen) atoms. The predicted molar refractivity (Wildman–Crippen MR) is 100 cm³/mol. The van der Waals surface area contributed by atoms with E-state index in [-0.39, 0.29) is 11.7 Å². The van der Waals surface area contributed by atoms with E-state index >= 15 is 0 Å². The van der Waals surface area contributed by atoms with Crippen LogP contribution in [0.3, 0.4) is 0 Å². The first-order chi connectivity index (χ1) is 12.0. The first-order valence-corrected chi connectivity index (χ1v) is 9.59. The molecule has 1 aliphatic rings. The summed E-state index contributed by atoms with van der Waals surface area (Å²) in [6.07, 6.45) is 2.47. The third-order valence-corrected chi connectivity index (χ3v) is 5.49. The van der Waals surface area contributed by atoms with Crippen LogP contribution in [0.15, 0.2) is 53.4 Å². The number of nitrogens with one attached hydrogen (secondary N) is 1. The number of carbonyl (C=O) groups is 1. The molecule has 2 aromatic rings. The molecule has 0 aliphatic carbocycles. The summed E-state index contributed by atoms with van der Waals surface area (Å²) in [5.41, 5.74) is 1.17. The number of carbonyl (C=O) groups excluding carboxylic acids is 1. The molecule has 132 valence electrons. The van der Waals surface area contributed by atoms with E-state index in [1.165, 1.54) is 11.0 Å². The van der Waals surface area contributed by atoms with E-state index in [1.807, 2.05) is 31.5 Å². The summed E-state index contributed by atoms with van der Waals surface area (Å²) in [5.74, 6) is -0.166. The Bertz CT molecular complexity index is 761. The van der Waals surface area contributed by atoms with Gasteiger partial charge in [0.25, 0.3) is 0 Å². The largest absolute Gasteiger partial charge is 0.341 e. The quantitative estimate of drug-likeness (QED) is 0.804. The molecule has 5 heteroatoms. The maximum atomic E-state index is 14.0. The fourth-order valence-corrected chi connectivity index (χ4v) is 3.79.